The van der Waals surface area contributed by atoms with Gasteiger partial charge < -0.3 is 10.1 Å². The third kappa shape index (κ3) is 4.96. The van der Waals surface area contributed by atoms with Crippen molar-refractivity contribution in [3.8, 4) is 0 Å². The first-order chi connectivity index (χ1) is 7.09. The number of rotatable bonds is 8. The van der Waals surface area contributed by atoms with Gasteiger partial charge in [0.05, 0.1) is 6.61 Å². The molecule has 1 aliphatic carbocycles. The van der Waals surface area contributed by atoms with E-state index in [0.717, 1.165) is 32.3 Å². The van der Waals surface area contributed by atoms with Crippen LogP contribution in [0.15, 0.2) is 0 Å². The Bertz CT molecular complexity index is 178. The number of hydrogen-bond donors (Lipinski definition) is 1. The molecular weight excluding hydrogens is 188 g/mol. The van der Waals surface area contributed by atoms with E-state index in [1.165, 1.54) is 12.8 Å². The van der Waals surface area contributed by atoms with Gasteiger partial charge in [-0.15, -0.1) is 0 Å². The summed E-state index contributed by atoms with van der Waals surface area (Å²) in [5.74, 6) is 0. The van der Waals surface area contributed by atoms with E-state index in [4.69, 9.17) is 4.74 Å². The molecule has 0 spiro atoms. The highest BCUT2D eigenvalue weighted by atomic mass is 16.5. The van der Waals surface area contributed by atoms with Crippen molar-refractivity contribution in [3.05, 3.63) is 0 Å². The van der Waals surface area contributed by atoms with E-state index in [-0.39, 0.29) is 5.54 Å². The van der Waals surface area contributed by atoms with E-state index in [2.05, 4.69) is 31.0 Å². The van der Waals surface area contributed by atoms with Gasteiger partial charge in [-0.1, -0.05) is 6.92 Å². The van der Waals surface area contributed by atoms with Crippen LogP contribution in [0, 0.1) is 0 Å². The Labute approximate surface area is 94.2 Å². The smallest absolute Gasteiger partial charge is 0.0589 e. The van der Waals surface area contributed by atoms with E-state index in [1.807, 2.05) is 0 Å². The van der Waals surface area contributed by atoms with E-state index >= 15 is 0 Å². The lowest BCUT2D eigenvalue weighted by Crippen LogP contribution is -2.50. The molecule has 0 aliphatic heterocycles. The lowest BCUT2D eigenvalue weighted by Gasteiger charge is -2.33. The van der Waals surface area contributed by atoms with Crippen molar-refractivity contribution < 1.29 is 4.74 Å². The lowest BCUT2D eigenvalue weighted by atomic mass is 10.0. The van der Waals surface area contributed by atoms with Crippen LogP contribution in [-0.4, -0.2) is 49.8 Å². The average Bonchev–Trinajstić information content (AvgIpc) is 2.95. The van der Waals surface area contributed by atoms with Crippen molar-refractivity contribution in [1.29, 1.82) is 0 Å². The van der Waals surface area contributed by atoms with Gasteiger partial charge in [0.25, 0.3) is 0 Å². The zero-order valence-corrected chi connectivity index (χ0v) is 10.7. The van der Waals surface area contributed by atoms with E-state index in [1.54, 1.807) is 7.11 Å². The molecule has 0 aromatic heterocycles. The predicted octanol–water partition coefficient (Wildman–Crippen LogP) is 1.49. The molecule has 0 aromatic carbocycles. The van der Waals surface area contributed by atoms with Crippen LogP contribution in [0.2, 0.25) is 0 Å². The molecule has 0 unspecified atom stereocenters. The monoisotopic (exact) mass is 214 g/mol. The number of methoxy groups -OCH3 is 1. The summed E-state index contributed by atoms with van der Waals surface area (Å²) in [6.45, 7) is 10.8. The van der Waals surface area contributed by atoms with Crippen LogP contribution in [0.4, 0.5) is 0 Å². The fraction of sp³-hybridized carbons (Fsp3) is 1.00. The fourth-order valence-corrected chi connectivity index (χ4v) is 2.08. The van der Waals surface area contributed by atoms with Crippen LogP contribution in [0.5, 0.6) is 0 Å². The Morgan fingerprint density at radius 3 is 2.53 bits per heavy atom. The second-order valence-electron chi connectivity index (χ2n) is 5.11. The normalized spacial score (nSPS) is 17.4. The Morgan fingerprint density at radius 2 is 2.07 bits per heavy atom. The highest BCUT2D eigenvalue weighted by molar-refractivity contribution is 4.90. The maximum absolute atomic E-state index is 5.16. The van der Waals surface area contributed by atoms with Crippen molar-refractivity contribution in [2.24, 2.45) is 0 Å². The van der Waals surface area contributed by atoms with Gasteiger partial charge in [-0.25, -0.2) is 0 Å². The first kappa shape index (κ1) is 12.9. The second-order valence-corrected chi connectivity index (χ2v) is 5.11. The Hall–Kier alpha value is -0.120. The topological polar surface area (TPSA) is 24.5 Å². The summed E-state index contributed by atoms with van der Waals surface area (Å²) < 4.78 is 5.16. The summed E-state index contributed by atoms with van der Waals surface area (Å²) in [6, 6.07) is 0.818. The Morgan fingerprint density at radius 1 is 1.40 bits per heavy atom. The molecule has 0 atom stereocenters. The largest absolute Gasteiger partial charge is 0.383 e. The van der Waals surface area contributed by atoms with Gasteiger partial charge >= 0.3 is 0 Å². The van der Waals surface area contributed by atoms with Crippen molar-refractivity contribution in [2.45, 2.75) is 45.2 Å². The molecule has 1 fully saturated rings. The van der Waals surface area contributed by atoms with Crippen molar-refractivity contribution in [1.82, 2.24) is 10.2 Å². The summed E-state index contributed by atoms with van der Waals surface area (Å²) in [6.07, 6.45) is 2.73. The molecule has 0 radical (unpaired) electrons. The van der Waals surface area contributed by atoms with Gasteiger partial charge in [-0.05, 0) is 33.2 Å². The van der Waals surface area contributed by atoms with Gasteiger partial charge in [0.1, 0.15) is 0 Å². The maximum Gasteiger partial charge on any atom is 0.0589 e. The second kappa shape index (κ2) is 5.83. The molecule has 0 heterocycles. The third-order valence-electron chi connectivity index (χ3n) is 2.90. The zero-order chi connectivity index (χ0) is 11.3. The minimum absolute atomic E-state index is 0.213. The first-order valence-corrected chi connectivity index (χ1v) is 6.07. The molecule has 3 heteroatoms. The molecule has 0 saturated heterocycles. The number of likely N-dealkylation sites (N-methyl/N-ethyl adjacent to an activating group) is 1. The molecule has 0 bridgehead atoms. The van der Waals surface area contributed by atoms with Crippen molar-refractivity contribution in [2.75, 3.05) is 33.4 Å². The van der Waals surface area contributed by atoms with Gasteiger partial charge in [0.15, 0.2) is 0 Å². The van der Waals surface area contributed by atoms with Crippen LogP contribution in [0.1, 0.15) is 33.6 Å². The molecule has 3 nitrogen and oxygen atoms in total. The van der Waals surface area contributed by atoms with Gasteiger partial charge in [-0.2, -0.15) is 0 Å². The van der Waals surface area contributed by atoms with Crippen molar-refractivity contribution >= 4 is 0 Å². The zero-order valence-electron chi connectivity index (χ0n) is 10.7. The molecule has 1 saturated carbocycles. The molecule has 0 amide bonds. The molecule has 0 aromatic rings. The lowest BCUT2D eigenvalue weighted by molar-refractivity contribution is 0.123. The summed E-state index contributed by atoms with van der Waals surface area (Å²) in [7, 11) is 1.78. The number of ether oxygens (including phenoxy) is 1. The molecular formula is C12H26N2O. The molecule has 1 N–H and O–H groups in total. The average molecular weight is 214 g/mol. The Kier molecular flexibility index (Phi) is 5.03. The Balaban J connectivity index is 2.35. The van der Waals surface area contributed by atoms with Gasteiger partial charge in [0, 0.05) is 31.8 Å². The van der Waals surface area contributed by atoms with E-state index in [9.17, 15) is 0 Å². The van der Waals surface area contributed by atoms with Crippen LogP contribution in [0.3, 0.4) is 0 Å². The summed E-state index contributed by atoms with van der Waals surface area (Å²) in [5, 5.41) is 3.53. The fourth-order valence-electron chi connectivity index (χ4n) is 2.08. The first-order valence-electron chi connectivity index (χ1n) is 6.07. The summed E-state index contributed by atoms with van der Waals surface area (Å²) in [5.41, 5.74) is 0.213. The quantitative estimate of drug-likeness (QED) is 0.662. The highest BCUT2D eigenvalue weighted by Crippen LogP contribution is 2.27. The van der Waals surface area contributed by atoms with E-state index < -0.39 is 0 Å². The molecule has 15 heavy (non-hydrogen) atoms. The number of nitrogens with zero attached hydrogens (tertiary/aromatic N) is 1. The minimum Gasteiger partial charge on any atom is -0.383 e. The molecule has 1 aliphatic rings. The van der Waals surface area contributed by atoms with Crippen LogP contribution >= 0.6 is 0 Å². The van der Waals surface area contributed by atoms with Gasteiger partial charge in [0.2, 0.25) is 0 Å². The number of hydrogen-bond acceptors (Lipinski definition) is 3. The van der Waals surface area contributed by atoms with Crippen molar-refractivity contribution in [3.63, 3.8) is 0 Å². The van der Waals surface area contributed by atoms with Crippen LogP contribution in [0.25, 0.3) is 0 Å². The standard InChI is InChI=1S/C12H26N2O/c1-5-13-12(2,3)10-14(8-9-15-4)11-6-7-11/h11,13H,5-10H2,1-4H3. The summed E-state index contributed by atoms with van der Waals surface area (Å²) in [4.78, 5) is 2.56. The van der Waals surface area contributed by atoms with Crippen LogP contribution < -0.4 is 5.32 Å². The summed E-state index contributed by atoms with van der Waals surface area (Å²) >= 11 is 0. The molecule has 90 valence electrons. The maximum atomic E-state index is 5.16. The molecule has 1 rings (SSSR count). The highest BCUT2D eigenvalue weighted by Gasteiger charge is 2.32. The van der Waals surface area contributed by atoms with Crippen LogP contribution in [-0.2, 0) is 4.74 Å². The SMILES string of the molecule is CCNC(C)(C)CN(CCOC)C1CC1. The van der Waals surface area contributed by atoms with E-state index in [0.29, 0.717) is 0 Å². The van der Waals surface area contributed by atoms with Gasteiger partial charge in [-0.3, -0.25) is 4.90 Å². The number of nitrogens with one attached hydrogen (secondary N) is 1. The third-order valence-corrected chi connectivity index (χ3v) is 2.90. The minimum atomic E-state index is 0.213. The predicted molar refractivity (Wildman–Crippen MR) is 64.2 cm³/mol.